The third-order valence-corrected chi connectivity index (χ3v) is 4.17. The van der Waals surface area contributed by atoms with Gasteiger partial charge in [-0.25, -0.2) is 0 Å². The summed E-state index contributed by atoms with van der Waals surface area (Å²) >= 11 is 0. The molecule has 1 saturated carbocycles. The summed E-state index contributed by atoms with van der Waals surface area (Å²) in [4.78, 5) is 10.6. The number of carboxylic acids is 1. The maximum atomic E-state index is 10.6. The number of aliphatic hydroxyl groups is 1. The monoisotopic (exact) mass is 254 g/mol. The molecule has 0 aromatic rings. The van der Waals surface area contributed by atoms with E-state index in [0.29, 0.717) is 12.3 Å². The molecule has 1 fully saturated rings. The molecule has 2 N–H and O–H groups in total. The SMILES string of the molecule is C=C1C[C@@H](O)CC(C)(C)[C@@H]1CC[C@@H](C)CC(=O)O. The molecule has 0 unspecified atom stereocenters. The first kappa shape index (κ1) is 15.2. The molecule has 18 heavy (non-hydrogen) atoms. The van der Waals surface area contributed by atoms with Crippen LogP contribution in [0.5, 0.6) is 0 Å². The van der Waals surface area contributed by atoms with Crippen molar-refractivity contribution in [1.82, 2.24) is 0 Å². The summed E-state index contributed by atoms with van der Waals surface area (Å²) in [6, 6.07) is 0. The Morgan fingerprint density at radius 2 is 2.17 bits per heavy atom. The Bertz CT molecular complexity index is 320. The van der Waals surface area contributed by atoms with Crippen molar-refractivity contribution in [2.75, 3.05) is 0 Å². The van der Waals surface area contributed by atoms with Gasteiger partial charge in [-0.05, 0) is 42.9 Å². The van der Waals surface area contributed by atoms with Gasteiger partial charge in [0, 0.05) is 6.42 Å². The van der Waals surface area contributed by atoms with Crippen LogP contribution >= 0.6 is 0 Å². The summed E-state index contributed by atoms with van der Waals surface area (Å²) in [5.74, 6) is -0.116. The largest absolute Gasteiger partial charge is 0.481 e. The van der Waals surface area contributed by atoms with Crippen LogP contribution in [0, 0.1) is 17.3 Å². The highest BCUT2D eigenvalue weighted by molar-refractivity contribution is 5.66. The van der Waals surface area contributed by atoms with Gasteiger partial charge >= 0.3 is 5.97 Å². The van der Waals surface area contributed by atoms with Gasteiger partial charge in [0.25, 0.3) is 0 Å². The molecule has 0 heterocycles. The van der Waals surface area contributed by atoms with E-state index in [1.807, 2.05) is 6.92 Å². The summed E-state index contributed by atoms with van der Waals surface area (Å²) < 4.78 is 0. The first-order chi connectivity index (χ1) is 8.22. The average Bonchev–Trinajstić information content (AvgIpc) is 2.12. The summed E-state index contributed by atoms with van der Waals surface area (Å²) in [7, 11) is 0. The van der Waals surface area contributed by atoms with Crippen molar-refractivity contribution < 1.29 is 15.0 Å². The highest BCUT2D eigenvalue weighted by Crippen LogP contribution is 2.45. The number of aliphatic hydroxyl groups excluding tert-OH is 1. The van der Waals surface area contributed by atoms with Gasteiger partial charge in [0.05, 0.1) is 6.10 Å². The Morgan fingerprint density at radius 3 is 2.67 bits per heavy atom. The van der Waals surface area contributed by atoms with Crippen LogP contribution in [0.2, 0.25) is 0 Å². The zero-order chi connectivity index (χ0) is 13.9. The minimum atomic E-state index is -0.723. The van der Waals surface area contributed by atoms with Gasteiger partial charge in [0.2, 0.25) is 0 Å². The molecule has 0 spiro atoms. The van der Waals surface area contributed by atoms with E-state index < -0.39 is 5.97 Å². The lowest BCUT2D eigenvalue weighted by molar-refractivity contribution is -0.138. The molecule has 0 aliphatic heterocycles. The predicted octanol–water partition coefficient (Wildman–Crippen LogP) is 3.23. The Hall–Kier alpha value is -0.830. The van der Waals surface area contributed by atoms with Crippen molar-refractivity contribution in [1.29, 1.82) is 0 Å². The van der Waals surface area contributed by atoms with Crippen molar-refractivity contribution in [3.05, 3.63) is 12.2 Å². The van der Waals surface area contributed by atoms with Crippen LogP contribution in [0.4, 0.5) is 0 Å². The lowest BCUT2D eigenvalue weighted by Crippen LogP contribution is -2.36. The van der Waals surface area contributed by atoms with Crippen molar-refractivity contribution >= 4 is 5.97 Å². The molecule has 0 aromatic heterocycles. The van der Waals surface area contributed by atoms with Crippen LogP contribution in [-0.2, 0) is 4.79 Å². The fourth-order valence-electron chi connectivity index (χ4n) is 3.27. The highest BCUT2D eigenvalue weighted by atomic mass is 16.4. The van der Waals surface area contributed by atoms with E-state index in [0.717, 1.165) is 24.8 Å². The summed E-state index contributed by atoms with van der Waals surface area (Å²) in [5.41, 5.74) is 1.19. The van der Waals surface area contributed by atoms with Gasteiger partial charge in [0.15, 0.2) is 0 Å². The van der Waals surface area contributed by atoms with Crippen molar-refractivity contribution in [3.8, 4) is 0 Å². The van der Waals surface area contributed by atoms with E-state index in [1.165, 1.54) is 0 Å². The van der Waals surface area contributed by atoms with E-state index in [-0.39, 0.29) is 23.9 Å². The van der Waals surface area contributed by atoms with Gasteiger partial charge in [-0.1, -0.05) is 32.9 Å². The molecule has 3 nitrogen and oxygen atoms in total. The lowest BCUT2D eigenvalue weighted by Gasteiger charge is -2.43. The van der Waals surface area contributed by atoms with Crippen LogP contribution in [0.25, 0.3) is 0 Å². The fraction of sp³-hybridized carbons (Fsp3) is 0.800. The number of hydrogen-bond acceptors (Lipinski definition) is 2. The molecule has 1 aliphatic rings. The second-order valence-electron chi connectivity index (χ2n) is 6.54. The van der Waals surface area contributed by atoms with E-state index in [9.17, 15) is 9.90 Å². The average molecular weight is 254 g/mol. The third-order valence-electron chi connectivity index (χ3n) is 4.17. The van der Waals surface area contributed by atoms with Crippen molar-refractivity contribution in [2.24, 2.45) is 17.3 Å². The third kappa shape index (κ3) is 4.13. The molecule has 0 amide bonds. The van der Waals surface area contributed by atoms with Gasteiger partial charge in [0.1, 0.15) is 0 Å². The topological polar surface area (TPSA) is 57.5 Å². The number of carbonyl (C=O) groups is 1. The first-order valence-corrected chi connectivity index (χ1v) is 6.80. The smallest absolute Gasteiger partial charge is 0.303 e. The van der Waals surface area contributed by atoms with Crippen LogP contribution in [0.15, 0.2) is 12.2 Å². The van der Waals surface area contributed by atoms with Gasteiger partial charge < -0.3 is 10.2 Å². The molecular weight excluding hydrogens is 228 g/mol. The highest BCUT2D eigenvalue weighted by Gasteiger charge is 2.38. The molecule has 0 radical (unpaired) electrons. The Labute approximate surface area is 110 Å². The minimum absolute atomic E-state index is 0.0672. The Morgan fingerprint density at radius 1 is 1.56 bits per heavy atom. The van der Waals surface area contributed by atoms with Crippen LogP contribution in [0.3, 0.4) is 0 Å². The minimum Gasteiger partial charge on any atom is -0.481 e. The zero-order valence-corrected chi connectivity index (χ0v) is 11.8. The van der Waals surface area contributed by atoms with E-state index in [2.05, 4.69) is 20.4 Å². The second kappa shape index (κ2) is 5.87. The van der Waals surface area contributed by atoms with Crippen molar-refractivity contribution in [3.63, 3.8) is 0 Å². The molecule has 0 aromatic carbocycles. The standard InChI is InChI=1S/C15H26O3/c1-10(7-14(17)18)5-6-13-11(2)8-12(16)9-15(13,3)4/h10,12-13,16H,2,5-9H2,1,3-4H3,(H,17,18)/t10-,12-,13-/m1/s1. The second-order valence-corrected chi connectivity index (χ2v) is 6.54. The number of carboxylic acid groups (broad SMARTS) is 1. The lowest BCUT2D eigenvalue weighted by atomic mass is 9.64. The molecule has 104 valence electrons. The first-order valence-electron chi connectivity index (χ1n) is 6.80. The Balaban J connectivity index is 2.54. The van der Waals surface area contributed by atoms with E-state index in [1.54, 1.807) is 0 Å². The maximum absolute atomic E-state index is 10.6. The normalized spacial score (nSPS) is 29.0. The quantitative estimate of drug-likeness (QED) is 0.741. The summed E-state index contributed by atoms with van der Waals surface area (Å²) in [5, 5.41) is 18.6. The Kier molecular flexibility index (Phi) is 4.97. The number of aliphatic carboxylic acids is 1. The number of hydrogen-bond donors (Lipinski definition) is 2. The van der Waals surface area contributed by atoms with Gasteiger partial charge in [-0.2, -0.15) is 0 Å². The fourth-order valence-corrected chi connectivity index (χ4v) is 3.27. The molecule has 1 rings (SSSR count). The molecule has 3 heteroatoms. The van der Waals surface area contributed by atoms with Crippen molar-refractivity contribution in [2.45, 2.75) is 59.0 Å². The number of rotatable bonds is 5. The predicted molar refractivity (Wildman–Crippen MR) is 72.3 cm³/mol. The van der Waals surface area contributed by atoms with Crippen LogP contribution in [-0.4, -0.2) is 22.3 Å². The summed E-state index contributed by atoms with van der Waals surface area (Å²) in [6.45, 7) is 10.4. The summed E-state index contributed by atoms with van der Waals surface area (Å²) in [6.07, 6.45) is 3.37. The van der Waals surface area contributed by atoms with Crippen LogP contribution < -0.4 is 0 Å². The molecular formula is C15H26O3. The molecule has 1 aliphatic carbocycles. The van der Waals surface area contributed by atoms with Gasteiger partial charge in [-0.15, -0.1) is 0 Å². The maximum Gasteiger partial charge on any atom is 0.303 e. The zero-order valence-electron chi connectivity index (χ0n) is 11.8. The van der Waals surface area contributed by atoms with Gasteiger partial charge in [-0.3, -0.25) is 4.79 Å². The van der Waals surface area contributed by atoms with E-state index in [4.69, 9.17) is 5.11 Å². The van der Waals surface area contributed by atoms with Crippen LogP contribution in [0.1, 0.15) is 52.9 Å². The molecule has 0 saturated heterocycles. The molecule has 3 atom stereocenters. The van der Waals surface area contributed by atoms with E-state index >= 15 is 0 Å². The molecule has 0 bridgehead atoms.